The van der Waals surface area contributed by atoms with E-state index in [9.17, 15) is 18.0 Å². The monoisotopic (exact) mass is 357 g/mol. The van der Waals surface area contributed by atoms with Crippen molar-refractivity contribution in [3.8, 4) is 17.6 Å². The topological polar surface area (TPSA) is 74.6 Å². The number of anilines is 1. The SMILES string of the molecule is CC.CN1CC2(CC1C#N)Oc1c(cccc1OC(F)(F)F)NC2=O. The van der Waals surface area contributed by atoms with Gasteiger partial charge in [0.05, 0.1) is 11.8 Å². The molecule has 0 saturated carbocycles. The lowest BCUT2D eigenvalue weighted by molar-refractivity contribution is -0.275. The summed E-state index contributed by atoms with van der Waals surface area (Å²) in [6.07, 6.45) is -4.82. The van der Waals surface area contributed by atoms with Crippen molar-refractivity contribution < 1.29 is 27.4 Å². The van der Waals surface area contributed by atoms with Crippen molar-refractivity contribution in [2.24, 2.45) is 0 Å². The molecule has 9 heteroatoms. The van der Waals surface area contributed by atoms with E-state index in [1.165, 1.54) is 12.1 Å². The molecule has 2 unspecified atom stereocenters. The van der Waals surface area contributed by atoms with E-state index in [4.69, 9.17) is 10.00 Å². The van der Waals surface area contributed by atoms with Gasteiger partial charge >= 0.3 is 6.36 Å². The third-order valence-electron chi connectivity index (χ3n) is 3.87. The minimum atomic E-state index is -4.88. The van der Waals surface area contributed by atoms with Gasteiger partial charge in [-0.2, -0.15) is 5.26 Å². The van der Waals surface area contributed by atoms with Gasteiger partial charge in [0.15, 0.2) is 11.5 Å². The molecule has 1 aromatic carbocycles. The summed E-state index contributed by atoms with van der Waals surface area (Å²) in [4.78, 5) is 14.0. The van der Waals surface area contributed by atoms with Crippen molar-refractivity contribution in [2.45, 2.75) is 38.3 Å². The van der Waals surface area contributed by atoms with Crippen LogP contribution in [0.1, 0.15) is 20.3 Å². The molecule has 2 aliphatic heterocycles. The van der Waals surface area contributed by atoms with Gasteiger partial charge in [0, 0.05) is 13.0 Å². The van der Waals surface area contributed by atoms with Crippen LogP contribution in [0.5, 0.6) is 11.5 Å². The number of alkyl halides is 3. The van der Waals surface area contributed by atoms with Crippen LogP contribution in [-0.4, -0.2) is 42.4 Å². The van der Waals surface area contributed by atoms with Gasteiger partial charge in [-0.15, -0.1) is 13.2 Å². The largest absolute Gasteiger partial charge is 0.573 e. The highest BCUT2D eigenvalue weighted by Crippen LogP contribution is 2.45. The predicted molar refractivity (Wildman–Crippen MR) is 83.1 cm³/mol. The Morgan fingerprint density at radius 3 is 2.68 bits per heavy atom. The Balaban J connectivity index is 0.00000109. The van der Waals surface area contributed by atoms with Crippen LogP contribution in [0.4, 0.5) is 18.9 Å². The lowest BCUT2D eigenvalue weighted by Gasteiger charge is -2.34. The normalized spacial score (nSPS) is 25.2. The van der Waals surface area contributed by atoms with Crippen molar-refractivity contribution >= 4 is 11.6 Å². The van der Waals surface area contributed by atoms with E-state index in [1.54, 1.807) is 11.9 Å². The van der Waals surface area contributed by atoms with Crippen LogP contribution in [0.3, 0.4) is 0 Å². The number of likely N-dealkylation sites (tertiary alicyclic amines) is 1. The lowest BCUT2D eigenvalue weighted by atomic mass is 9.97. The number of benzene rings is 1. The number of ether oxygens (including phenoxy) is 2. The average molecular weight is 357 g/mol. The average Bonchev–Trinajstić information content (AvgIpc) is 2.87. The molecule has 0 bridgehead atoms. The molecule has 25 heavy (non-hydrogen) atoms. The van der Waals surface area contributed by atoms with Gasteiger partial charge in [-0.1, -0.05) is 19.9 Å². The maximum atomic E-state index is 12.5. The van der Waals surface area contributed by atoms with Crippen LogP contribution < -0.4 is 14.8 Å². The summed E-state index contributed by atoms with van der Waals surface area (Å²) in [6, 6.07) is 5.33. The number of nitrogens with one attached hydrogen (secondary N) is 1. The zero-order chi connectivity index (χ0) is 18.8. The Bertz CT molecular complexity index is 702. The number of amides is 1. The van der Waals surface area contributed by atoms with Crippen LogP contribution >= 0.6 is 0 Å². The molecule has 1 N–H and O–H groups in total. The Morgan fingerprint density at radius 1 is 1.44 bits per heavy atom. The van der Waals surface area contributed by atoms with E-state index in [0.717, 1.165) is 6.07 Å². The predicted octanol–water partition coefficient (Wildman–Crippen LogP) is 2.91. The second kappa shape index (κ2) is 6.80. The van der Waals surface area contributed by atoms with Crippen molar-refractivity contribution in [3.05, 3.63) is 18.2 Å². The number of para-hydroxylation sites is 1. The lowest BCUT2D eigenvalue weighted by Crippen LogP contribution is -2.52. The molecule has 1 fully saturated rings. The summed E-state index contributed by atoms with van der Waals surface area (Å²) in [7, 11) is 1.65. The number of likely N-dealkylation sites (N-methyl/N-ethyl adjacent to an activating group) is 1. The van der Waals surface area contributed by atoms with Crippen LogP contribution in [0.2, 0.25) is 0 Å². The highest BCUT2D eigenvalue weighted by atomic mass is 19.4. The number of rotatable bonds is 1. The van der Waals surface area contributed by atoms with Gasteiger partial charge in [0.2, 0.25) is 5.60 Å². The quantitative estimate of drug-likeness (QED) is 0.837. The van der Waals surface area contributed by atoms with E-state index in [-0.39, 0.29) is 24.4 Å². The highest BCUT2D eigenvalue weighted by molar-refractivity contribution is 6.02. The second-order valence-corrected chi connectivity index (χ2v) is 5.50. The molecule has 2 heterocycles. The summed E-state index contributed by atoms with van der Waals surface area (Å²) in [6.45, 7) is 4.09. The summed E-state index contributed by atoms with van der Waals surface area (Å²) >= 11 is 0. The van der Waals surface area contributed by atoms with Crippen molar-refractivity contribution in [1.29, 1.82) is 5.26 Å². The number of nitriles is 1. The summed E-state index contributed by atoms with van der Waals surface area (Å²) in [5.74, 6) is -1.20. The molecule has 0 aromatic heterocycles. The minimum Gasteiger partial charge on any atom is -0.470 e. The Morgan fingerprint density at radius 2 is 2.12 bits per heavy atom. The smallest absolute Gasteiger partial charge is 0.470 e. The molecule has 1 aromatic rings. The fraction of sp³-hybridized carbons (Fsp3) is 0.500. The summed E-state index contributed by atoms with van der Waals surface area (Å²) in [5.41, 5.74) is -1.31. The maximum absolute atomic E-state index is 12.5. The number of hydrogen-bond acceptors (Lipinski definition) is 5. The second-order valence-electron chi connectivity index (χ2n) is 5.50. The first-order valence-corrected chi connectivity index (χ1v) is 7.73. The maximum Gasteiger partial charge on any atom is 0.573 e. The first-order valence-electron chi connectivity index (χ1n) is 7.73. The zero-order valence-electron chi connectivity index (χ0n) is 14.0. The molecule has 2 atom stereocenters. The van der Waals surface area contributed by atoms with Gasteiger partial charge in [-0.05, 0) is 19.2 Å². The van der Waals surface area contributed by atoms with Crippen LogP contribution in [0.25, 0.3) is 0 Å². The fourth-order valence-electron chi connectivity index (χ4n) is 2.83. The van der Waals surface area contributed by atoms with Crippen molar-refractivity contribution in [1.82, 2.24) is 4.90 Å². The van der Waals surface area contributed by atoms with Gasteiger partial charge in [0.25, 0.3) is 5.91 Å². The molecule has 1 amide bonds. The molecule has 0 aliphatic carbocycles. The molecule has 0 radical (unpaired) electrons. The Hall–Kier alpha value is -2.47. The Labute approximate surface area is 143 Å². The molecule has 3 rings (SSSR count). The van der Waals surface area contributed by atoms with Crippen molar-refractivity contribution in [2.75, 3.05) is 18.9 Å². The molecule has 1 spiro atoms. The van der Waals surface area contributed by atoms with Gasteiger partial charge in [-0.25, -0.2) is 0 Å². The number of halogens is 3. The van der Waals surface area contributed by atoms with Gasteiger partial charge < -0.3 is 14.8 Å². The summed E-state index contributed by atoms with van der Waals surface area (Å²) < 4.78 is 47.2. The van der Waals surface area contributed by atoms with E-state index < -0.39 is 29.7 Å². The molecule has 6 nitrogen and oxygen atoms in total. The number of hydrogen-bond donors (Lipinski definition) is 1. The third-order valence-corrected chi connectivity index (χ3v) is 3.87. The van der Waals surface area contributed by atoms with E-state index in [0.29, 0.717) is 0 Å². The van der Waals surface area contributed by atoms with E-state index >= 15 is 0 Å². The third kappa shape index (κ3) is 3.64. The van der Waals surface area contributed by atoms with E-state index in [2.05, 4.69) is 10.1 Å². The number of carbonyl (C=O) groups is 1. The number of carbonyl (C=O) groups excluding carboxylic acids is 1. The fourth-order valence-corrected chi connectivity index (χ4v) is 2.83. The number of fused-ring (bicyclic) bond motifs is 1. The van der Waals surface area contributed by atoms with Crippen LogP contribution in [0, 0.1) is 11.3 Å². The van der Waals surface area contributed by atoms with Crippen molar-refractivity contribution in [3.63, 3.8) is 0 Å². The molecular formula is C16H18F3N3O3. The molecular weight excluding hydrogens is 339 g/mol. The summed E-state index contributed by atoms with van der Waals surface area (Å²) in [5, 5.41) is 11.6. The number of nitrogens with zero attached hydrogens (tertiary/aromatic N) is 2. The first kappa shape index (κ1) is 18.9. The molecule has 1 saturated heterocycles. The zero-order valence-corrected chi connectivity index (χ0v) is 14.0. The van der Waals surface area contributed by atoms with Crippen LogP contribution in [0.15, 0.2) is 18.2 Å². The first-order chi connectivity index (χ1) is 11.7. The Kier molecular flexibility index (Phi) is 5.13. The highest BCUT2D eigenvalue weighted by Gasteiger charge is 2.53. The van der Waals surface area contributed by atoms with Crippen LogP contribution in [-0.2, 0) is 4.79 Å². The van der Waals surface area contributed by atoms with Gasteiger partial charge in [-0.3, -0.25) is 9.69 Å². The van der Waals surface area contributed by atoms with E-state index in [1.807, 2.05) is 19.9 Å². The minimum absolute atomic E-state index is 0.0611. The molecule has 136 valence electrons. The standard InChI is InChI=1S/C14H12F3N3O3.C2H6/c1-20-7-13(5-8(20)6-18)12(21)19-9-3-2-4-10(11(9)23-13)22-14(15,16)17;1-2/h2-4,8H,5,7H2,1H3,(H,19,21);1-2H3. The van der Waals surface area contributed by atoms with Gasteiger partial charge in [0.1, 0.15) is 6.04 Å². The molecule has 2 aliphatic rings.